The molecule has 0 radical (unpaired) electrons. The molecule has 0 bridgehead atoms. The summed E-state index contributed by atoms with van der Waals surface area (Å²) >= 11 is 1.57. The maximum atomic E-state index is 12.7. The zero-order valence-electron chi connectivity index (χ0n) is 19.6. The molecule has 0 fully saturated rings. The van der Waals surface area contributed by atoms with Gasteiger partial charge in [-0.25, -0.2) is 9.78 Å². The van der Waals surface area contributed by atoms with E-state index in [9.17, 15) is 9.59 Å². The molecule has 6 nitrogen and oxygen atoms in total. The van der Waals surface area contributed by atoms with Crippen LogP contribution in [0.25, 0.3) is 0 Å². The van der Waals surface area contributed by atoms with Crippen LogP contribution in [0.15, 0.2) is 60.0 Å². The van der Waals surface area contributed by atoms with Crippen LogP contribution in [0.4, 0.5) is 10.5 Å². The van der Waals surface area contributed by atoms with Gasteiger partial charge in [-0.05, 0) is 44.9 Å². The summed E-state index contributed by atoms with van der Waals surface area (Å²) in [5.41, 5.74) is 2.92. The van der Waals surface area contributed by atoms with Crippen molar-refractivity contribution < 1.29 is 14.3 Å². The van der Waals surface area contributed by atoms with E-state index in [1.807, 2.05) is 75.5 Å². The molecule has 174 valence electrons. The number of rotatable bonds is 8. The van der Waals surface area contributed by atoms with Crippen molar-refractivity contribution in [1.29, 1.82) is 0 Å². The predicted octanol–water partition coefficient (Wildman–Crippen LogP) is 5.67. The molecule has 1 aromatic heterocycles. The van der Waals surface area contributed by atoms with E-state index in [4.69, 9.17) is 4.74 Å². The van der Waals surface area contributed by atoms with E-state index in [1.54, 1.807) is 16.2 Å². The lowest BCUT2D eigenvalue weighted by Crippen LogP contribution is -2.36. The van der Waals surface area contributed by atoms with E-state index in [-0.39, 0.29) is 18.4 Å². The lowest BCUT2D eigenvalue weighted by Gasteiger charge is -2.27. The molecular weight excluding hydrogens is 434 g/mol. The van der Waals surface area contributed by atoms with E-state index in [0.717, 1.165) is 22.7 Å². The van der Waals surface area contributed by atoms with Gasteiger partial charge in [-0.15, -0.1) is 11.3 Å². The average molecular weight is 466 g/mol. The van der Waals surface area contributed by atoms with Gasteiger partial charge in [0.25, 0.3) is 0 Å². The Hall–Kier alpha value is -3.19. The minimum atomic E-state index is -0.564. The highest BCUT2D eigenvalue weighted by atomic mass is 32.1. The van der Waals surface area contributed by atoms with Gasteiger partial charge in [0.15, 0.2) is 0 Å². The van der Waals surface area contributed by atoms with Crippen molar-refractivity contribution in [2.24, 2.45) is 0 Å². The van der Waals surface area contributed by atoms with Crippen LogP contribution in [0.3, 0.4) is 0 Å². The molecule has 0 aliphatic carbocycles. The third-order valence-corrected chi connectivity index (χ3v) is 5.72. The van der Waals surface area contributed by atoms with Crippen LogP contribution in [-0.2, 0) is 28.9 Å². The molecule has 0 atom stereocenters. The second-order valence-corrected chi connectivity index (χ2v) is 9.71. The van der Waals surface area contributed by atoms with E-state index in [1.165, 1.54) is 5.56 Å². The Kier molecular flexibility index (Phi) is 8.22. The molecule has 3 aromatic rings. The Balaban J connectivity index is 1.62. The maximum absolute atomic E-state index is 12.7. The first-order chi connectivity index (χ1) is 15.7. The van der Waals surface area contributed by atoms with Gasteiger partial charge in [-0.1, -0.05) is 48.5 Å². The summed E-state index contributed by atoms with van der Waals surface area (Å²) < 4.78 is 5.50. The molecule has 0 saturated heterocycles. The number of para-hydroxylation sites is 1. The van der Waals surface area contributed by atoms with Crippen LogP contribution in [-0.4, -0.2) is 34.0 Å². The summed E-state index contributed by atoms with van der Waals surface area (Å²) in [6.45, 7) is 8.28. The van der Waals surface area contributed by atoms with Crippen LogP contribution >= 0.6 is 11.3 Å². The van der Waals surface area contributed by atoms with Crippen LogP contribution < -0.4 is 5.32 Å². The lowest BCUT2D eigenvalue weighted by molar-refractivity contribution is -0.115. The number of hydrogen-bond acceptors (Lipinski definition) is 5. The molecule has 1 heterocycles. The number of hydrogen-bond donors (Lipinski definition) is 1. The summed E-state index contributed by atoms with van der Waals surface area (Å²) in [4.78, 5) is 31.5. The standard InChI is InChI=1S/C26H31N3O3S/c1-5-29(25(31)32-26(2,3)4)17-20-13-9-10-14-22(20)28-23(30)16-21-18-33-24(27-21)15-19-11-7-6-8-12-19/h6-14,18H,5,15-17H2,1-4H3,(H,28,30). The SMILES string of the molecule is CCN(Cc1ccccc1NC(=O)Cc1csc(Cc2ccccc2)n1)C(=O)OC(C)(C)C. The molecule has 0 unspecified atom stereocenters. The van der Waals surface area contributed by atoms with Gasteiger partial charge in [-0.3, -0.25) is 4.79 Å². The first kappa shape index (κ1) is 24.5. The van der Waals surface area contributed by atoms with Crippen molar-refractivity contribution in [2.75, 3.05) is 11.9 Å². The molecule has 0 aliphatic rings. The molecule has 0 aliphatic heterocycles. The van der Waals surface area contributed by atoms with Crippen molar-refractivity contribution in [3.8, 4) is 0 Å². The number of carbonyl (C=O) groups excluding carboxylic acids is 2. The van der Waals surface area contributed by atoms with Gasteiger partial charge < -0.3 is 15.0 Å². The number of amides is 2. The molecule has 0 spiro atoms. The van der Waals surface area contributed by atoms with Crippen LogP contribution in [0.2, 0.25) is 0 Å². The quantitative estimate of drug-likeness (QED) is 0.465. The molecule has 1 N–H and O–H groups in total. The highest BCUT2D eigenvalue weighted by Gasteiger charge is 2.22. The van der Waals surface area contributed by atoms with E-state index in [2.05, 4.69) is 22.4 Å². The first-order valence-corrected chi connectivity index (χ1v) is 11.9. The van der Waals surface area contributed by atoms with Gasteiger partial charge in [0.05, 0.1) is 23.7 Å². The Bertz CT molecular complexity index is 1070. The van der Waals surface area contributed by atoms with Crippen LogP contribution in [0.1, 0.15) is 49.5 Å². The monoisotopic (exact) mass is 465 g/mol. The molecule has 7 heteroatoms. The summed E-state index contributed by atoms with van der Waals surface area (Å²) in [6.07, 6.45) is 0.580. The van der Waals surface area contributed by atoms with Crippen molar-refractivity contribution in [2.45, 2.75) is 52.7 Å². The minimum absolute atomic E-state index is 0.140. The van der Waals surface area contributed by atoms with Gasteiger partial charge >= 0.3 is 6.09 Å². The Morgan fingerprint density at radius 3 is 2.45 bits per heavy atom. The number of thiazole rings is 1. The van der Waals surface area contributed by atoms with Crippen LogP contribution in [0.5, 0.6) is 0 Å². The topological polar surface area (TPSA) is 71.5 Å². The molecule has 2 aromatic carbocycles. The van der Waals surface area contributed by atoms with Crippen molar-refractivity contribution in [3.05, 3.63) is 81.8 Å². The lowest BCUT2D eigenvalue weighted by atomic mass is 10.1. The number of aromatic nitrogens is 1. The highest BCUT2D eigenvalue weighted by Crippen LogP contribution is 2.20. The fraction of sp³-hybridized carbons (Fsp3) is 0.346. The normalized spacial score (nSPS) is 11.2. The zero-order chi connectivity index (χ0) is 23.8. The number of ether oxygens (including phenoxy) is 1. The fourth-order valence-electron chi connectivity index (χ4n) is 3.26. The van der Waals surface area contributed by atoms with E-state index < -0.39 is 5.60 Å². The third-order valence-electron chi connectivity index (χ3n) is 4.83. The van der Waals surface area contributed by atoms with Crippen molar-refractivity contribution in [3.63, 3.8) is 0 Å². The molecule has 3 rings (SSSR count). The Morgan fingerprint density at radius 1 is 1.06 bits per heavy atom. The third kappa shape index (κ3) is 7.71. The largest absolute Gasteiger partial charge is 0.444 e. The minimum Gasteiger partial charge on any atom is -0.444 e. The van der Waals surface area contributed by atoms with Gasteiger partial charge in [0.2, 0.25) is 5.91 Å². The van der Waals surface area contributed by atoms with Crippen LogP contribution in [0, 0.1) is 0 Å². The fourth-order valence-corrected chi connectivity index (χ4v) is 4.09. The van der Waals surface area contributed by atoms with E-state index in [0.29, 0.717) is 18.8 Å². The average Bonchev–Trinajstić information content (AvgIpc) is 3.18. The number of nitrogens with one attached hydrogen (secondary N) is 1. The zero-order valence-corrected chi connectivity index (χ0v) is 20.4. The number of carbonyl (C=O) groups is 2. The summed E-state index contributed by atoms with van der Waals surface area (Å²) in [5.74, 6) is -0.140. The second kappa shape index (κ2) is 11.1. The van der Waals surface area contributed by atoms with Crippen molar-refractivity contribution >= 4 is 29.0 Å². The second-order valence-electron chi connectivity index (χ2n) is 8.77. The highest BCUT2D eigenvalue weighted by molar-refractivity contribution is 7.09. The predicted molar refractivity (Wildman–Crippen MR) is 132 cm³/mol. The number of anilines is 1. The molecule has 2 amide bonds. The number of nitrogens with zero attached hydrogens (tertiary/aromatic N) is 2. The molecule has 33 heavy (non-hydrogen) atoms. The first-order valence-electron chi connectivity index (χ1n) is 11.1. The summed E-state index contributed by atoms with van der Waals surface area (Å²) in [5, 5.41) is 5.90. The maximum Gasteiger partial charge on any atom is 0.410 e. The van der Waals surface area contributed by atoms with Crippen molar-refractivity contribution in [1.82, 2.24) is 9.88 Å². The molecule has 0 saturated carbocycles. The van der Waals surface area contributed by atoms with Gasteiger partial charge in [0.1, 0.15) is 5.60 Å². The van der Waals surface area contributed by atoms with Gasteiger partial charge in [-0.2, -0.15) is 0 Å². The smallest absolute Gasteiger partial charge is 0.410 e. The Morgan fingerprint density at radius 2 is 1.76 bits per heavy atom. The Labute approximate surface area is 199 Å². The van der Waals surface area contributed by atoms with E-state index >= 15 is 0 Å². The van der Waals surface area contributed by atoms with Gasteiger partial charge in [0, 0.05) is 24.0 Å². The molecular formula is C26H31N3O3S. The summed E-state index contributed by atoms with van der Waals surface area (Å²) in [7, 11) is 0. The summed E-state index contributed by atoms with van der Waals surface area (Å²) in [6, 6.07) is 17.7. The number of benzene rings is 2.